The number of hydrogen-bond acceptors (Lipinski definition) is 4. The second-order valence-corrected chi connectivity index (χ2v) is 4.80. The van der Waals surface area contributed by atoms with Crippen LogP contribution in [0, 0.1) is 0 Å². The van der Waals surface area contributed by atoms with Gasteiger partial charge in [-0.25, -0.2) is 0 Å². The van der Waals surface area contributed by atoms with Gasteiger partial charge in [-0.2, -0.15) is 0 Å². The van der Waals surface area contributed by atoms with Crippen LogP contribution in [0.15, 0.2) is 22.8 Å². The molecule has 1 heterocycles. The maximum atomic E-state index is 11.3. The van der Waals surface area contributed by atoms with Gasteiger partial charge in [-0.3, -0.25) is 9.00 Å². The van der Waals surface area contributed by atoms with Crippen LogP contribution < -0.4 is 5.32 Å². The topological polar surface area (TPSA) is 79.5 Å². The van der Waals surface area contributed by atoms with E-state index in [4.69, 9.17) is 9.52 Å². The summed E-state index contributed by atoms with van der Waals surface area (Å²) >= 11 is 0. The predicted molar refractivity (Wildman–Crippen MR) is 60.1 cm³/mol. The molecule has 1 amide bonds. The van der Waals surface area contributed by atoms with E-state index < -0.39 is 10.8 Å². The first-order valence-electron chi connectivity index (χ1n) is 4.97. The molecule has 0 aliphatic heterocycles. The molecule has 90 valence electrons. The Labute approximate surface area is 96.3 Å². The Kier molecular flexibility index (Phi) is 5.81. The largest absolute Gasteiger partial charge is 0.467 e. The van der Waals surface area contributed by atoms with Gasteiger partial charge in [-0.1, -0.05) is 0 Å². The van der Waals surface area contributed by atoms with E-state index in [0.717, 1.165) is 0 Å². The van der Waals surface area contributed by atoms with Crippen molar-refractivity contribution in [3.05, 3.63) is 24.2 Å². The quantitative estimate of drug-likeness (QED) is 0.710. The molecular weight excluding hydrogens is 230 g/mol. The maximum absolute atomic E-state index is 11.3. The average molecular weight is 245 g/mol. The van der Waals surface area contributed by atoms with Crippen molar-refractivity contribution in [2.24, 2.45) is 0 Å². The molecule has 0 bridgehead atoms. The summed E-state index contributed by atoms with van der Waals surface area (Å²) in [6.07, 6.45) is 1.99. The fourth-order valence-corrected chi connectivity index (χ4v) is 2.08. The Bertz CT molecular complexity index is 337. The Hall–Kier alpha value is -1.14. The van der Waals surface area contributed by atoms with Crippen LogP contribution in [0.25, 0.3) is 0 Å². The zero-order chi connectivity index (χ0) is 11.8. The summed E-state index contributed by atoms with van der Waals surface area (Å²) in [6, 6.07) is 3.49. The summed E-state index contributed by atoms with van der Waals surface area (Å²) in [4.78, 5) is 11.3. The highest BCUT2D eigenvalue weighted by Crippen LogP contribution is 1.98. The van der Waals surface area contributed by atoms with Crippen molar-refractivity contribution in [2.45, 2.75) is 13.0 Å². The Morgan fingerprint density at radius 2 is 2.38 bits per heavy atom. The van der Waals surface area contributed by atoms with Crippen molar-refractivity contribution < 1.29 is 18.5 Å². The molecular formula is C10H15NO4S. The lowest BCUT2D eigenvalue weighted by Crippen LogP contribution is -2.28. The molecule has 1 rings (SSSR count). The summed E-state index contributed by atoms with van der Waals surface area (Å²) in [5, 5.41) is 11.1. The van der Waals surface area contributed by atoms with Crippen molar-refractivity contribution in [1.82, 2.24) is 5.32 Å². The molecule has 5 nitrogen and oxygen atoms in total. The maximum Gasteiger partial charge on any atom is 0.232 e. The minimum absolute atomic E-state index is 0.000244. The molecule has 0 aromatic carbocycles. The second-order valence-electron chi connectivity index (χ2n) is 3.22. The third kappa shape index (κ3) is 5.09. The Morgan fingerprint density at radius 3 is 3.00 bits per heavy atom. The highest BCUT2D eigenvalue weighted by atomic mass is 32.2. The van der Waals surface area contributed by atoms with Gasteiger partial charge in [0.05, 0.1) is 12.8 Å². The fourth-order valence-electron chi connectivity index (χ4n) is 1.09. The number of carbonyl (C=O) groups is 1. The van der Waals surface area contributed by atoms with E-state index in [1.807, 2.05) is 0 Å². The predicted octanol–water partition coefficient (Wildman–Crippen LogP) is 0.0269. The third-order valence-corrected chi connectivity index (χ3v) is 3.19. The lowest BCUT2D eigenvalue weighted by atomic mass is 10.4. The minimum Gasteiger partial charge on any atom is -0.467 e. The first-order valence-corrected chi connectivity index (χ1v) is 6.46. The fraction of sp³-hybridized carbons (Fsp3) is 0.500. The highest BCUT2D eigenvalue weighted by Gasteiger charge is 2.07. The Balaban J connectivity index is 2.18. The number of aliphatic hydroxyl groups excluding tert-OH is 1. The van der Waals surface area contributed by atoms with E-state index in [1.165, 1.54) is 6.26 Å². The molecule has 0 spiro atoms. The molecule has 0 fully saturated rings. The van der Waals surface area contributed by atoms with Crippen molar-refractivity contribution in [1.29, 1.82) is 0 Å². The first-order chi connectivity index (χ1) is 7.72. The monoisotopic (exact) mass is 245 g/mol. The van der Waals surface area contributed by atoms with Crippen LogP contribution in [0.4, 0.5) is 0 Å². The molecule has 2 N–H and O–H groups in total. The molecule has 6 heteroatoms. The lowest BCUT2D eigenvalue weighted by Gasteiger charge is -2.03. The van der Waals surface area contributed by atoms with E-state index in [-0.39, 0.29) is 18.3 Å². The van der Waals surface area contributed by atoms with Gasteiger partial charge in [-0.05, 0) is 18.6 Å². The number of nitrogens with one attached hydrogen (secondary N) is 1. The van der Waals surface area contributed by atoms with Gasteiger partial charge in [0.25, 0.3) is 0 Å². The van der Waals surface area contributed by atoms with Gasteiger partial charge in [0.2, 0.25) is 5.91 Å². The zero-order valence-corrected chi connectivity index (χ0v) is 9.66. The average Bonchev–Trinajstić information content (AvgIpc) is 2.76. The lowest BCUT2D eigenvalue weighted by molar-refractivity contribution is -0.118. The molecule has 0 aliphatic rings. The van der Waals surface area contributed by atoms with Crippen molar-refractivity contribution in [2.75, 3.05) is 18.1 Å². The van der Waals surface area contributed by atoms with Gasteiger partial charge in [-0.15, -0.1) is 0 Å². The summed E-state index contributed by atoms with van der Waals surface area (Å²) in [6.45, 7) is 0.308. The standard InChI is InChI=1S/C10H15NO4S/c12-4-2-6-16(14)8-10(13)11-7-9-3-1-5-15-9/h1,3,5,12H,2,4,6-8H2,(H,11,13). The molecule has 0 saturated carbocycles. The number of hydrogen-bond donors (Lipinski definition) is 2. The van der Waals surface area contributed by atoms with E-state index >= 15 is 0 Å². The number of carbonyl (C=O) groups excluding carboxylic acids is 1. The molecule has 1 atom stereocenters. The molecule has 0 aliphatic carbocycles. The second kappa shape index (κ2) is 7.19. The first kappa shape index (κ1) is 12.9. The zero-order valence-electron chi connectivity index (χ0n) is 8.85. The molecule has 16 heavy (non-hydrogen) atoms. The number of aliphatic hydroxyl groups is 1. The minimum atomic E-state index is -1.20. The molecule has 1 aromatic rings. The SMILES string of the molecule is O=C(CS(=O)CCCO)NCc1ccco1. The molecule has 1 unspecified atom stereocenters. The number of rotatable bonds is 7. The summed E-state index contributed by atoms with van der Waals surface area (Å²) in [5.41, 5.74) is 0. The Morgan fingerprint density at radius 1 is 1.56 bits per heavy atom. The van der Waals surface area contributed by atoms with Gasteiger partial charge >= 0.3 is 0 Å². The normalized spacial score (nSPS) is 12.3. The van der Waals surface area contributed by atoms with Crippen LogP contribution >= 0.6 is 0 Å². The van der Waals surface area contributed by atoms with E-state index in [9.17, 15) is 9.00 Å². The summed E-state index contributed by atoms with van der Waals surface area (Å²) in [7, 11) is -1.20. The van der Waals surface area contributed by atoms with Crippen LogP contribution in [-0.2, 0) is 22.1 Å². The van der Waals surface area contributed by atoms with Crippen molar-refractivity contribution >= 4 is 16.7 Å². The molecule has 1 aromatic heterocycles. The van der Waals surface area contributed by atoms with Crippen LogP contribution in [-0.4, -0.2) is 33.3 Å². The summed E-state index contributed by atoms with van der Waals surface area (Å²) < 4.78 is 16.3. The van der Waals surface area contributed by atoms with Gasteiger partial charge < -0.3 is 14.8 Å². The molecule has 0 radical (unpaired) electrons. The summed E-state index contributed by atoms with van der Waals surface area (Å²) in [5.74, 6) is 0.716. The smallest absolute Gasteiger partial charge is 0.232 e. The van der Waals surface area contributed by atoms with Gasteiger partial charge in [0.15, 0.2) is 0 Å². The van der Waals surface area contributed by atoms with Crippen LogP contribution in [0.5, 0.6) is 0 Å². The van der Waals surface area contributed by atoms with Crippen molar-refractivity contribution in [3.63, 3.8) is 0 Å². The van der Waals surface area contributed by atoms with E-state index in [1.54, 1.807) is 12.1 Å². The van der Waals surface area contributed by atoms with Crippen molar-refractivity contribution in [3.8, 4) is 0 Å². The highest BCUT2D eigenvalue weighted by molar-refractivity contribution is 7.85. The van der Waals surface area contributed by atoms with E-state index in [2.05, 4.69) is 5.32 Å². The van der Waals surface area contributed by atoms with Gasteiger partial charge in [0.1, 0.15) is 11.5 Å². The number of furan rings is 1. The van der Waals surface area contributed by atoms with Crippen LogP contribution in [0.1, 0.15) is 12.2 Å². The van der Waals surface area contributed by atoms with Gasteiger partial charge in [0, 0.05) is 23.2 Å². The van der Waals surface area contributed by atoms with Crippen LogP contribution in [0.2, 0.25) is 0 Å². The number of amides is 1. The van der Waals surface area contributed by atoms with Crippen LogP contribution in [0.3, 0.4) is 0 Å². The molecule has 0 saturated heterocycles. The van der Waals surface area contributed by atoms with E-state index in [0.29, 0.717) is 24.5 Å². The third-order valence-electron chi connectivity index (χ3n) is 1.86.